The summed E-state index contributed by atoms with van der Waals surface area (Å²) < 4.78 is 0. The van der Waals surface area contributed by atoms with Gasteiger partial charge in [0.15, 0.2) is 6.35 Å². The fourth-order valence-electron chi connectivity index (χ4n) is 2.04. The number of aliphatic imine (C=N–C) groups is 1. The van der Waals surface area contributed by atoms with Gasteiger partial charge in [-0.1, -0.05) is 6.08 Å². The third-order valence-electron chi connectivity index (χ3n) is 3.54. The molecule has 0 aliphatic carbocycles. The first kappa shape index (κ1) is 19.4. The van der Waals surface area contributed by atoms with Gasteiger partial charge < -0.3 is 10.0 Å². The average Bonchev–Trinajstić information content (AvgIpc) is 2.94. The van der Waals surface area contributed by atoms with Gasteiger partial charge in [-0.15, -0.1) is 0 Å². The van der Waals surface area contributed by atoms with E-state index in [2.05, 4.69) is 33.8 Å². The van der Waals surface area contributed by atoms with Crippen molar-refractivity contribution in [2.45, 2.75) is 19.7 Å². The smallest absolute Gasteiger partial charge is 0.162 e. The zero-order valence-electron chi connectivity index (χ0n) is 14.8. The third-order valence-corrected chi connectivity index (χ3v) is 3.54. The zero-order chi connectivity index (χ0) is 17.2. The Hall–Kier alpha value is -1.67. The molecule has 0 bridgehead atoms. The fourth-order valence-corrected chi connectivity index (χ4v) is 2.04. The van der Waals surface area contributed by atoms with Gasteiger partial charge in [-0.3, -0.25) is 15.2 Å². The van der Waals surface area contributed by atoms with Crippen molar-refractivity contribution in [2.24, 2.45) is 4.99 Å². The van der Waals surface area contributed by atoms with Crippen molar-refractivity contribution in [3.63, 3.8) is 0 Å². The lowest BCUT2D eigenvalue weighted by molar-refractivity contribution is 0.00799. The summed E-state index contributed by atoms with van der Waals surface area (Å²) in [6.07, 6.45) is 10.3. The molecule has 1 atom stereocenters. The summed E-state index contributed by atoms with van der Waals surface area (Å²) in [6.45, 7) is 3.64. The van der Waals surface area contributed by atoms with Crippen LogP contribution in [0.15, 0.2) is 41.4 Å². The largest absolute Gasteiger partial charge is 0.365 e. The maximum absolute atomic E-state index is 9.59. The van der Waals surface area contributed by atoms with E-state index in [1.807, 2.05) is 50.6 Å². The Labute approximate surface area is 139 Å². The molecule has 23 heavy (non-hydrogen) atoms. The van der Waals surface area contributed by atoms with Gasteiger partial charge >= 0.3 is 0 Å². The van der Waals surface area contributed by atoms with E-state index in [0.29, 0.717) is 6.54 Å². The van der Waals surface area contributed by atoms with Crippen LogP contribution in [-0.2, 0) is 0 Å². The first-order valence-corrected chi connectivity index (χ1v) is 7.80. The van der Waals surface area contributed by atoms with Crippen molar-refractivity contribution in [1.82, 2.24) is 25.6 Å². The standard InChI is InChI=1S/C16H30N6O/c1-14(19-15-8-6-10-20(15)4)9-13-22(18-3)12-7-11-21(5)16(23)17-2/h7-9,12-13,16-18,23H,6,10-11H2,1-5H3/b12-7-,13-9+,19-14?. The highest BCUT2D eigenvalue weighted by atomic mass is 16.3. The molecule has 3 N–H and O–H groups in total. The second-order valence-corrected chi connectivity index (χ2v) is 5.46. The quantitative estimate of drug-likeness (QED) is 0.327. The molecule has 1 heterocycles. The SMILES string of the molecule is CNC(O)N(C)C/C=C\N(/C=C/C(C)=NC1=CCCN1C)NC. The van der Waals surface area contributed by atoms with Crippen LogP contribution in [0.1, 0.15) is 13.3 Å². The van der Waals surface area contributed by atoms with Gasteiger partial charge in [0, 0.05) is 45.3 Å². The molecule has 0 fully saturated rings. The van der Waals surface area contributed by atoms with Crippen molar-refractivity contribution in [2.75, 3.05) is 41.3 Å². The normalized spacial score (nSPS) is 17.6. The number of likely N-dealkylation sites (N-methyl/N-ethyl adjacent to an activating group) is 1. The van der Waals surface area contributed by atoms with Crippen LogP contribution < -0.4 is 10.7 Å². The fraction of sp³-hybridized carbons (Fsp3) is 0.562. The van der Waals surface area contributed by atoms with Crippen LogP contribution in [0.25, 0.3) is 0 Å². The van der Waals surface area contributed by atoms with Crippen molar-refractivity contribution in [3.8, 4) is 0 Å². The highest BCUT2D eigenvalue weighted by molar-refractivity contribution is 5.93. The first-order valence-electron chi connectivity index (χ1n) is 7.80. The molecule has 0 aromatic heterocycles. The van der Waals surface area contributed by atoms with Crippen LogP contribution in [0, 0.1) is 0 Å². The second-order valence-electron chi connectivity index (χ2n) is 5.46. The van der Waals surface area contributed by atoms with Crippen molar-refractivity contribution < 1.29 is 5.11 Å². The van der Waals surface area contributed by atoms with E-state index >= 15 is 0 Å². The molecule has 0 saturated heterocycles. The van der Waals surface area contributed by atoms with Crippen LogP contribution in [0.4, 0.5) is 0 Å². The number of allylic oxidation sites excluding steroid dienone is 1. The summed E-state index contributed by atoms with van der Waals surface area (Å²) in [7, 11) is 7.46. The third kappa shape index (κ3) is 6.96. The van der Waals surface area contributed by atoms with Gasteiger partial charge in [0.05, 0.1) is 0 Å². The number of aliphatic hydroxyl groups excluding tert-OH is 1. The van der Waals surface area contributed by atoms with Crippen LogP contribution in [0.5, 0.6) is 0 Å². The molecule has 0 aromatic rings. The maximum atomic E-state index is 9.59. The number of nitrogens with zero attached hydrogens (tertiary/aromatic N) is 4. The van der Waals surface area contributed by atoms with E-state index < -0.39 is 6.35 Å². The number of nitrogens with one attached hydrogen (secondary N) is 2. The summed E-state index contributed by atoms with van der Waals surface area (Å²) >= 11 is 0. The molecule has 0 aromatic carbocycles. The number of rotatable bonds is 9. The van der Waals surface area contributed by atoms with Crippen LogP contribution in [-0.4, -0.2) is 73.3 Å². The van der Waals surface area contributed by atoms with Crippen LogP contribution in [0.3, 0.4) is 0 Å². The molecule has 0 saturated carbocycles. The van der Waals surface area contributed by atoms with Gasteiger partial charge in [-0.05, 0) is 39.6 Å². The number of hydrogen-bond donors (Lipinski definition) is 3. The van der Waals surface area contributed by atoms with Crippen molar-refractivity contribution in [1.29, 1.82) is 0 Å². The summed E-state index contributed by atoms with van der Waals surface area (Å²) in [5, 5.41) is 14.2. The van der Waals surface area contributed by atoms with E-state index in [4.69, 9.17) is 0 Å². The zero-order valence-corrected chi connectivity index (χ0v) is 14.8. The highest BCUT2D eigenvalue weighted by Gasteiger charge is 2.08. The number of hydrogen-bond acceptors (Lipinski definition) is 7. The van der Waals surface area contributed by atoms with Gasteiger partial charge in [0.25, 0.3) is 0 Å². The van der Waals surface area contributed by atoms with Crippen LogP contribution >= 0.6 is 0 Å². The van der Waals surface area contributed by atoms with Gasteiger partial charge in [-0.2, -0.15) is 0 Å². The van der Waals surface area contributed by atoms with Gasteiger partial charge in [0.2, 0.25) is 0 Å². The molecule has 0 amide bonds. The minimum Gasteiger partial charge on any atom is -0.365 e. The first-order chi connectivity index (χ1) is 11.0. The molecular weight excluding hydrogens is 292 g/mol. The Morgan fingerprint density at radius 1 is 1.48 bits per heavy atom. The van der Waals surface area contributed by atoms with E-state index in [0.717, 1.165) is 24.5 Å². The molecular formula is C16H30N6O. The second kappa shape index (κ2) is 10.2. The number of hydrazine groups is 1. The molecule has 7 nitrogen and oxygen atoms in total. The average molecular weight is 322 g/mol. The highest BCUT2D eigenvalue weighted by Crippen LogP contribution is 2.13. The van der Waals surface area contributed by atoms with E-state index in [1.54, 1.807) is 11.9 Å². The number of aliphatic hydroxyl groups is 1. The Morgan fingerprint density at radius 3 is 2.78 bits per heavy atom. The van der Waals surface area contributed by atoms with Crippen molar-refractivity contribution >= 4 is 5.71 Å². The molecule has 0 radical (unpaired) electrons. The molecule has 1 aliphatic rings. The van der Waals surface area contributed by atoms with E-state index in [9.17, 15) is 5.11 Å². The molecule has 1 rings (SSSR count). The van der Waals surface area contributed by atoms with Gasteiger partial charge in [-0.25, -0.2) is 10.4 Å². The Bertz CT molecular complexity index is 471. The summed E-state index contributed by atoms with van der Waals surface area (Å²) in [5.41, 5.74) is 4.01. The predicted octanol–water partition coefficient (Wildman–Crippen LogP) is 0.515. The molecule has 130 valence electrons. The predicted molar refractivity (Wildman–Crippen MR) is 95.3 cm³/mol. The minimum absolute atomic E-state index is 0.624. The molecule has 1 unspecified atom stereocenters. The topological polar surface area (TPSA) is 66.4 Å². The monoisotopic (exact) mass is 322 g/mol. The van der Waals surface area contributed by atoms with E-state index in [1.165, 1.54) is 0 Å². The van der Waals surface area contributed by atoms with Crippen LogP contribution in [0.2, 0.25) is 0 Å². The minimum atomic E-state index is -0.649. The lowest BCUT2D eigenvalue weighted by atomic mass is 10.4. The lowest BCUT2D eigenvalue weighted by Crippen LogP contribution is -2.41. The van der Waals surface area contributed by atoms with Gasteiger partial charge in [0.1, 0.15) is 5.82 Å². The molecule has 0 spiro atoms. The Kier molecular flexibility index (Phi) is 8.57. The molecule has 1 aliphatic heterocycles. The Morgan fingerprint density at radius 2 is 2.22 bits per heavy atom. The summed E-state index contributed by atoms with van der Waals surface area (Å²) in [6, 6.07) is 0. The Balaban J connectivity index is 2.53. The lowest BCUT2D eigenvalue weighted by Gasteiger charge is -2.21. The van der Waals surface area contributed by atoms with E-state index in [-0.39, 0.29) is 0 Å². The summed E-state index contributed by atoms with van der Waals surface area (Å²) in [4.78, 5) is 8.52. The summed E-state index contributed by atoms with van der Waals surface area (Å²) in [5.74, 6) is 1.03. The van der Waals surface area contributed by atoms with Crippen molar-refractivity contribution in [3.05, 3.63) is 36.4 Å². The molecule has 7 heteroatoms. The maximum Gasteiger partial charge on any atom is 0.162 e.